The van der Waals surface area contributed by atoms with Crippen LogP contribution in [-0.4, -0.2) is 35.4 Å². The summed E-state index contributed by atoms with van der Waals surface area (Å²) < 4.78 is 0. The molecule has 3 rings (SSSR count). The van der Waals surface area contributed by atoms with Crippen LogP contribution in [0.3, 0.4) is 0 Å². The van der Waals surface area contributed by atoms with E-state index < -0.39 is 0 Å². The normalized spacial score (nSPS) is 18.5. The zero-order valence-electron chi connectivity index (χ0n) is 14.6. The average molecular weight is 325 g/mol. The van der Waals surface area contributed by atoms with Gasteiger partial charge in [-0.15, -0.1) is 0 Å². The van der Waals surface area contributed by atoms with E-state index in [-0.39, 0.29) is 5.91 Å². The third kappa shape index (κ3) is 4.26. The number of likely N-dealkylation sites (tertiary alicyclic amines) is 1. The van der Waals surface area contributed by atoms with Gasteiger partial charge in [0.1, 0.15) is 5.69 Å². The number of aromatic amines is 1. The number of carbonyl (C=O) groups excluding carboxylic acids is 1. The van der Waals surface area contributed by atoms with Gasteiger partial charge in [0.05, 0.1) is 0 Å². The molecular formula is C20H27N3O. The van der Waals surface area contributed by atoms with Gasteiger partial charge in [-0.2, -0.15) is 0 Å². The highest BCUT2D eigenvalue weighted by atomic mass is 16.1. The molecule has 0 aliphatic carbocycles. The number of hydrogen-bond acceptors (Lipinski definition) is 2. The lowest BCUT2D eigenvalue weighted by atomic mass is 9.97. The maximum Gasteiger partial charge on any atom is 0.267 e. The standard InChI is InChI=1S/C20H27N3O/c1-15-7-8-17(11-16(15)2)13-23-10-4-5-18(14-23)12-22-20(24)19-6-3-9-21-19/h3,6-9,11,18,21H,4-5,10,12-14H2,1-2H3,(H,22,24). The average Bonchev–Trinajstić information content (AvgIpc) is 3.11. The van der Waals surface area contributed by atoms with Gasteiger partial charge in [0.2, 0.25) is 0 Å². The largest absolute Gasteiger partial charge is 0.357 e. The highest BCUT2D eigenvalue weighted by Crippen LogP contribution is 2.19. The molecule has 1 unspecified atom stereocenters. The van der Waals surface area contributed by atoms with Gasteiger partial charge in [-0.3, -0.25) is 9.69 Å². The lowest BCUT2D eigenvalue weighted by molar-refractivity contribution is 0.0926. The van der Waals surface area contributed by atoms with Crippen molar-refractivity contribution >= 4 is 5.91 Å². The summed E-state index contributed by atoms with van der Waals surface area (Å²) in [6, 6.07) is 10.4. The number of rotatable bonds is 5. The molecule has 0 saturated carbocycles. The Balaban J connectivity index is 1.50. The lowest BCUT2D eigenvalue weighted by Crippen LogP contribution is -2.40. The smallest absolute Gasteiger partial charge is 0.267 e. The molecule has 1 aromatic heterocycles. The van der Waals surface area contributed by atoms with E-state index in [2.05, 4.69) is 47.2 Å². The number of benzene rings is 1. The van der Waals surface area contributed by atoms with Gasteiger partial charge in [-0.1, -0.05) is 18.2 Å². The van der Waals surface area contributed by atoms with E-state index in [1.54, 1.807) is 6.20 Å². The van der Waals surface area contributed by atoms with E-state index in [4.69, 9.17) is 0 Å². The van der Waals surface area contributed by atoms with Crippen LogP contribution in [0.4, 0.5) is 0 Å². The van der Waals surface area contributed by atoms with Crippen molar-refractivity contribution in [3.63, 3.8) is 0 Å². The van der Waals surface area contributed by atoms with Crippen LogP contribution in [0, 0.1) is 19.8 Å². The Hall–Kier alpha value is -2.07. The molecule has 1 atom stereocenters. The Morgan fingerprint density at radius 3 is 2.92 bits per heavy atom. The van der Waals surface area contributed by atoms with Gasteiger partial charge >= 0.3 is 0 Å². The third-order valence-electron chi connectivity index (χ3n) is 4.97. The summed E-state index contributed by atoms with van der Waals surface area (Å²) in [7, 11) is 0. The minimum absolute atomic E-state index is 0.00807. The van der Waals surface area contributed by atoms with Crippen molar-refractivity contribution in [1.82, 2.24) is 15.2 Å². The van der Waals surface area contributed by atoms with Crippen LogP contribution in [0.2, 0.25) is 0 Å². The summed E-state index contributed by atoms with van der Waals surface area (Å²) in [5.74, 6) is 0.524. The van der Waals surface area contributed by atoms with Crippen LogP contribution in [0.25, 0.3) is 0 Å². The SMILES string of the molecule is Cc1ccc(CN2CCCC(CNC(=O)c3ccc[nH]3)C2)cc1C. The van der Waals surface area contributed by atoms with Crippen molar-refractivity contribution in [2.45, 2.75) is 33.2 Å². The highest BCUT2D eigenvalue weighted by Gasteiger charge is 2.21. The van der Waals surface area contributed by atoms with Crippen LogP contribution in [0.15, 0.2) is 36.5 Å². The first-order valence-corrected chi connectivity index (χ1v) is 8.82. The fourth-order valence-electron chi connectivity index (χ4n) is 3.43. The van der Waals surface area contributed by atoms with Gasteiger partial charge in [-0.05, 0) is 68.0 Å². The Morgan fingerprint density at radius 1 is 1.29 bits per heavy atom. The second-order valence-corrected chi connectivity index (χ2v) is 6.96. The van der Waals surface area contributed by atoms with E-state index in [0.29, 0.717) is 11.6 Å². The summed E-state index contributed by atoms with van der Waals surface area (Å²) in [5.41, 5.74) is 4.73. The highest BCUT2D eigenvalue weighted by molar-refractivity contribution is 5.92. The molecule has 0 spiro atoms. The van der Waals surface area contributed by atoms with E-state index in [9.17, 15) is 4.79 Å². The predicted octanol–water partition coefficient (Wildman–Crippen LogP) is 3.27. The van der Waals surface area contributed by atoms with Crippen molar-refractivity contribution in [3.8, 4) is 0 Å². The topological polar surface area (TPSA) is 48.1 Å². The Morgan fingerprint density at radius 2 is 2.17 bits per heavy atom. The predicted molar refractivity (Wildman–Crippen MR) is 97.0 cm³/mol. The van der Waals surface area contributed by atoms with Gasteiger partial charge in [0, 0.05) is 25.8 Å². The molecule has 1 aliphatic rings. The molecule has 1 fully saturated rings. The van der Waals surface area contributed by atoms with E-state index in [1.165, 1.54) is 29.5 Å². The number of nitrogens with zero attached hydrogens (tertiary/aromatic N) is 1. The Bertz CT molecular complexity index is 678. The molecule has 1 saturated heterocycles. The maximum atomic E-state index is 12.0. The van der Waals surface area contributed by atoms with E-state index in [0.717, 1.165) is 26.2 Å². The van der Waals surface area contributed by atoms with Crippen LogP contribution < -0.4 is 5.32 Å². The van der Waals surface area contributed by atoms with E-state index >= 15 is 0 Å². The number of piperidine rings is 1. The zero-order chi connectivity index (χ0) is 16.9. The molecule has 2 N–H and O–H groups in total. The summed E-state index contributed by atoms with van der Waals surface area (Å²) in [5, 5.41) is 3.06. The minimum atomic E-state index is -0.00807. The first-order valence-electron chi connectivity index (χ1n) is 8.82. The van der Waals surface area contributed by atoms with Crippen molar-refractivity contribution < 1.29 is 4.79 Å². The summed E-state index contributed by atoms with van der Waals surface area (Å²) in [4.78, 5) is 17.5. The molecule has 2 aromatic rings. The number of H-pyrrole nitrogens is 1. The number of carbonyl (C=O) groups is 1. The van der Waals surface area contributed by atoms with Crippen LogP contribution in [0.1, 0.15) is 40.0 Å². The Labute approximate surface area is 144 Å². The van der Waals surface area contributed by atoms with Gasteiger partial charge in [-0.25, -0.2) is 0 Å². The van der Waals surface area contributed by atoms with Gasteiger partial charge in [0.15, 0.2) is 0 Å². The van der Waals surface area contributed by atoms with Gasteiger partial charge in [0.25, 0.3) is 5.91 Å². The zero-order valence-corrected chi connectivity index (χ0v) is 14.6. The molecule has 4 heteroatoms. The lowest BCUT2D eigenvalue weighted by Gasteiger charge is -2.33. The van der Waals surface area contributed by atoms with Crippen molar-refractivity contribution in [2.24, 2.45) is 5.92 Å². The van der Waals surface area contributed by atoms with Crippen molar-refractivity contribution in [2.75, 3.05) is 19.6 Å². The molecule has 1 aromatic carbocycles. The molecule has 24 heavy (non-hydrogen) atoms. The van der Waals surface area contributed by atoms with Crippen molar-refractivity contribution in [1.29, 1.82) is 0 Å². The fourth-order valence-corrected chi connectivity index (χ4v) is 3.43. The molecule has 0 bridgehead atoms. The number of amides is 1. The van der Waals surface area contributed by atoms with Crippen LogP contribution in [0.5, 0.6) is 0 Å². The summed E-state index contributed by atoms with van der Waals surface area (Å²) in [6.07, 6.45) is 4.17. The molecule has 2 heterocycles. The third-order valence-corrected chi connectivity index (χ3v) is 4.97. The molecular weight excluding hydrogens is 298 g/mol. The maximum absolute atomic E-state index is 12.0. The van der Waals surface area contributed by atoms with Crippen LogP contribution >= 0.6 is 0 Å². The molecule has 128 valence electrons. The number of hydrogen-bond donors (Lipinski definition) is 2. The molecule has 0 radical (unpaired) electrons. The van der Waals surface area contributed by atoms with Crippen LogP contribution in [-0.2, 0) is 6.54 Å². The monoisotopic (exact) mass is 325 g/mol. The van der Waals surface area contributed by atoms with E-state index in [1.807, 2.05) is 12.1 Å². The quantitative estimate of drug-likeness (QED) is 0.886. The number of nitrogens with one attached hydrogen (secondary N) is 2. The first-order chi connectivity index (χ1) is 11.6. The second-order valence-electron chi connectivity index (χ2n) is 6.96. The summed E-state index contributed by atoms with van der Waals surface area (Å²) in [6.45, 7) is 8.28. The number of aryl methyl sites for hydroxylation is 2. The first kappa shape index (κ1) is 16.8. The second kappa shape index (κ2) is 7.67. The van der Waals surface area contributed by atoms with Crippen molar-refractivity contribution in [3.05, 3.63) is 58.9 Å². The molecule has 1 aliphatic heterocycles. The fraction of sp³-hybridized carbons (Fsp3) is 0.450. The summed E-state index contributed by atoms with van der Waals surface area (Å²) >= 11 is 0. The number of aromatic nitrogens is 1. The molecule has 1 amide bonds. The van der Waals surface area contributed by atoms with Gasteiger partial charge < -0.3 is 10.3 Å². The minimum Gasteiger partial charge on any atom is -0.357 e. The Kier molecular flexibility index (Phi) is 5.36. The molecule has 4 nitrogen and oxygen atoms in total.